The molecular weight excluding hydrogens is 200 g/mol. The number of nitrogens with one attached hydrogen (secondary N) is 1. The summed E-state index contributed by atoms with van der Waals surface area (Å²) >= 11 is 0. The SMILES string of the molecule is Cl.N=C1C=C(N)c2ccccc2C1=O. The van der Waals surface area contributed by atoms with Crippen LogP contribution in [0.2, 0.25) is 0 Å². The Morgan fingerprint density at radius 3 is 2.36 bits per heavy atom. The van der Waals surface area contributed by atoms with Gasteiger partial charge in [0.2, 0.25) is 5.78 Å². The molecule has 0 saturated heterocycles. The van der Waals surface area contributed by atoms with Crippen molar-refractivity contribution in [1.82, 2.24) is 0 Å². The molecule has 0 spiro atoms. The number of carbonyl (C=O) groups is 1. The number of benzene rings is 1. The Morgan fingerprint density at radius 1 is 1.14 bits per heavy atom. The maximum atomic E-state index is 11.4. The molecule has 14 heavy (non-hydrogen) atoms. The first-order valence-corrected chi connectivity index (χ1v) is 3.90. The van der Waals surface area contributed by atoms with Crippen molar-refractivity contribution in [2.45, 2.75) is 0 Å². The monoisotopic (exact) mass is 208 g/mol. The quantitative estimate of drug-likeness (QED) is 0.681. The first-order chi connectivity index (χ1) is 6.20. The molecule has 0 aliphatic heterocycles. The highest BCUT2D eigenvalue weighted by Gasteiger charge is 2.20. The lowest BCUT2D eigenvalue weighted by Crippen LogP contribution is -2.20. The van der Waals surface area contributed by atoms with Crippen LogP contribution in [0.4, 0.5) is 0 Å². The van der Waals surface area contributed by atoms with E-state index in [0.717, 1.165) is 5.56 Å². The summed E-state index contributed by atoms with van der Waals surface area (Å²) in [6.07, 6.45) is 1.39. The van der Waals surface area contributed by atoms with E-state index in [9.17, 15) is 4.79 Å². The lowest BCUT2D eigenvalue weighted by Gasteiger charge is -2.13. The highest BCUT2D eigenvalue weighted by atomic mass is 35.5. The number of allylic oxidation sites excluding steroid dienone is 1. The van der Waals surface area contributed by atoms with Crippen LogP contribution < -0.4 is 5.73 Å². The number of hydrogen-bond donors (Lipinski definition) is 2. The minimum atomic E-state index is -0.259. The second kappa shape index (κ2) is 3.64. The molecule has 0 heterocycles. The number of hydrogen-bond acceptors (Lipinski definition) is 3. The zero-order chi connectivity index (χ0) is 9.42. The van der Waals surface area contributed by atoms with E-state index in [-0.39, 0.29) is 23.9 Å². The molecule has 1 aromatic rings. The van der Waals surface area contributed by atoms with Crippen LogP contribution in [0, 0.1) is 5.41 Å². The van der Waals surface area contributed by atoms with Gasteiger partial charge >= 0.3 is 0 Å². The molecule has 0 atom stereocenters. The molecule has 1 aliphatic carbocycles. The predicted octanol–water partition coefficient (Wildman–Crippen LogP) is 1.62. The van der Waals surface area contributed by atoms with Gasteiger partial charge in [-0.2, -0.15) is 0 Å². The van der Waals surface area contributed by atoms with E-state index in [2.05, 4.69) is 0 Å². The van der Waals surface area contributed by atoms with Crippen LogP contribution in [0.3, 0.4) is 0 Å². The van der Waals surface area contributed by atoms with Gasteiger partial charge in [0.25, 0.3) is 0 Å². The van der Waals surface area contributed by atoms with Crippen LogP contribution in [0.5, 0.6) is 0 Å². The first kappa shape index (κ1) is 10.5. The third kappa shape index (κ3) is 1.42. The van der Waals surface area contributed by atoms with Crippen molar-refractivity contribution in [1.29, 1.82) is 5.41 Å². The van der Waals surface area contributed by atoms with E-state index >= 15 is 0 Å². The Bertz CT molecular complexity index is 438. The number of nitrogens with two attached hydrogens (primary N) is 1. The summed E-state index contributed by atoms with van der Waals surface area (Å²) in [5.74, 6) is -0.259. The van der Waals surface area contributed by atoms with Crippen molar-refractivity contribution >= 4 is 29.6 Å². The number of carbonyl (C=O) groups excluding carboxylic acids is 1. The molecule has 72 valence electrons. The van der Waals surface area contributed by atoms with E-state index < -0.39 is 0 Å². The van der Waals surface area contributed by atoms with Crippen LogP contribution in [-0.4, -0.2) is 11.5 Å². The summed E-state index contributed by atoms with van der Waals surface area (Å²) in [7, 11) is 0. The summed E-state index contributed by atoms with van der Waals surface area (Å²) in [5.41, 5.74) is 7.35. The molecule has 3 N–H and O–H groups in total. The van der Waals surface area contributed by atoms with E-state index in [0.29, 0.717) is 11.3 Å². The number of rotatable bonds is 0. The fraction of sp³-hybridized carbons (Fsp3) is 0. The Hall–Kier alpha value is -1.61. The third-order valence-electron chi connectivity index (χ3n) is 2.03. The molecule has 3 nitrogen and oxygen atoms in total. The first-order valence-electron chi connectivity index (χ1n) is 3.90. The Balaban J connectivity index is 0.000000980. The van der Waals surface area contributed by atoms with Crippen molar-refractivity contribution < 1.29 is 4.79 Å². The van der Waals surface area contributed by atoms with Gasteiger partial charge in [0.1, 0.15) is 5.71 Å². The summed E-state index contributed by atoms with van der Waals surface area (Å²) in [6, 6.07) is 7.06. The van der Waals surface area contributed by atoms with Gasteiger partial charge in [0.05, 0.1) is 0 Å². The summed E-state index contributed by atoms with van der Waals surface area (Å²) in [4.78, 5) is 11.4. The molecule has 0 unspecified atom stereocenters. The molecule has 4 heteroatoms. The molecule has 0 aromatic heterocycles. The smallest absolute Gasteiger partial charge is 0.211 e. The van der Waals surface area contributed by atoms with E-state index in [1.165, 1.54) is 6.08 Å². The van der Waals surface area contributed by atoms with Crippen molar-refractivity contribution in [2.24, 2.45) is 5.73 Å². The summed E-state index contributed by atoms with van der Waals surface area (Å²) < 4.78 is 0. The van der Waals surface area contributed by atoms with Crippen LogP contribution in [-0.2, 0) is 0 Å². The second-order valence-electron chi connectivity index (χ2n) is 2.89. The number of fused-ring (bicyclic) bond motifs is 1. The van der Waals surface area contributed by atoms with Gasteiger partial charge in [0, 0.05) is 16.8 Å². The maximum Gasteiger partial charge on any atom is 0.211 e. The number of Topliss-reactive ketones (excluding diaryl/α,β-unsaturated/α-hetero) is 1. The average Bonchev–Trinajstić information content (AvgIpc) is 2.15. The molecule has 0 amide bonds. The standard InChI is InChI=1S/C10H8N2O.ClH/c11-8-5-9(12)10(13)7-4-2-1-3-6(7)8;/h1-5,12H,11H2;1H. The molecule has 2 rings (SSSR count). The normalized spacial score (nSPS) is 14.1. The van der Waals surface area contributed by atoms with Gasteiger partial charge in [-0.15, -0.1) is 12.4 Å². The Kier molecular flexibility index (Phi) is 2.72. The maximum absolute atomic E-state index is 11.4. The topological polar surface area (TPSA) is 66.9 Å². The highest BCUT2D eigenvalue weighted by Crippen LogP contribution is 2.20. The highest BCUT2D eigenvalue weighted by molar-refractivity contribution is 6.51. The van der Waals surface area contributed by atoms with Crippen LogP contribution >= 0.6 is 12.4 Å². The van der Waals surface area contributed by atoms with Crippen molar-refractivity contribution in [3.8, 4) is 0 Å². The molecule has 0 radical (unpaired) electrons. The minimum absolute atomic E-state index is 0. The van der Waals surface area contributed by atoms with Crippen LogP contribution in [0.15, 0.2) is 30.3 Å². The van der Waals surface area contributed by atoms with Gasteiger partial charge in [-0.1, -0.05) is 24.3 Å². The minimum Gasteiger partial charge on any atom is -0.398 e. The van der Waals surface area contributed by atoms with Gasteiger partial charge in [-0.3, -0.25) is 10.2 Å². The lowest BCUT2D eigenvalue weighted by molar-refractivity contribution is 0.106. The van der Waals surface area contributed by atoms with E-state index in [1.54, 1.807) is 18.2 Å². The van der Waals surface area contributed by atoms with Crippen molar-refractivity contribution in [3.05, 3.63) is 41.5 Å². The second-order valence-corrected chi connectivity index (χ2v) is 2.89. The van der Waals surface area contributed by atoms with Crippen LogP contribution in [0.25, 0.3) is 5.70 Å². The number of halogens is 1. The van der Waals surface area contributed by atoms with Crippen LogP contribution in [0.1, 0.15) is 15.9 Å². The van der Waals surface area contributed by atoms with Gasteiger partial charge in [-0.05, 0) is 6.08 Å². The zero-order valence-corrected chi connectivity index (χ0v) is 8.10. The third-order valence-corrected chi connectivity index (χ3v) is 2.03. The largest absolute Gasteiger partial charge is 0.398 e. The summed E-state index contributed by atoms with van der Waals surface area (Å²) in [5, 5.41) is 7.35. The fourth-order valence-electron chi connectivity index (χ4n) is 1.38. The molecular formula is C10H9ClN2O. The Morgan fingerprint density at radius 2 is 1.71 bits per heavy atom. The van der Waals surface area contributed by atoms with Crippen molar-refractivity contribution in [3.63, 3.8) is 0 Å². The molecule has 0 saturated carbocycles. The average molecular weight is 209 g/mol. The molecule has 0 fully saturated rings. The zero-order valence-electron chi connectivity index (χ0n) is 7.28. The number of ketones is 1. The lowest BCUT2D eigenvalue weighted by atomic mass is 9.93. The summed E-state index contributed by atoms with van der Waals surface area (Å²) in [6.45, 7) is 0. The van der Waals surface area contributed by atoms with E-state index in [1.807, 2.05) is 6.07 Å². The Labute approximate surface area is 87.5 Å². The molecule has 0 bridgehead atoms. The molecule has 1 aromatic carbocycles. The van der Waals surface area contributed by atoms with Gasteiger partial charge < -0.3 is 5.73 Å². The fourth-order valence-corrected chi connectivity index (χ4v) is 1.38. The van der Waals surface area contributed by atoms with Gasteiger partial charge in [-0.25, -0.2) is 0 Å². The predicted molar refractivity (Wildman–Crippen MR) is 57.9 cm³/mol. The van der Waals surface area contributed by atoms with Crippen molar-refractivity contribution in [2.75, 3.05) is 0 Å². The van der Waals surface area contributed by atoms with E-state index in [4.69, 9.17) is 11.1 Å². The van der Waals surface area contributed by atoms with Gasteiger partial charge in [0.15, 0.2) is 0 Å². The molecule has 1 aliphatic rings.